The number of rotatable bonds is 15. The molecule has 0 aliphatic carbocycles. The number of carbonyl (C=O) groups is 2. The third-order valence-electron chi connectivity index (χ3n) is 7.53. The van der Waals surface area contributed by atoms with Crippen molar-refractivity contribution in [1.29, 1.82) is 0 Å². The van der Waals surface area contributed by atoms with Crippen LogP contribution in [0.15, 0.2) is 97.1 Å². The van der Waals surface area contributed by atoms with E-state index in [0.717, 1.165) is 11.3 Å². The number of ether oxygens (including phenoxy) is 1. The van der Waals surface area contributed by atoms with Crippen LogP contribution in [0, 0.1) is 5.82 Å². The summed E-state index contributed by atoms with van der Waals surface area (Å²) in [5.41, 5.74) is 4.79. The van der Waals surface area contributed by atoms with Gasteiger partial charge in [0.15, 0.2) is 0 Å². The van der Waals surface area contributed by atoms with E-state index < -0.39 is 18.2 Å². The van der Waals surface area contributed by atoms with Crippen LogP contribution in [0.25, 0.3) is 22.4 Å². The summed E-state index contributed by atoms with van der Waals surface area (Å²) in [7, 11) is 0. The van der Waals surface area contributed by atoms with Gasteiger partial charge >= 0.3 is 5.97 Å². The minimum absolute atomic E-state index is 0.0175. The molecule has 0 spiro atoms. The van der Waals surface area contributed by atoms with Gasteiger partial charge in [-0.3, -0.25) is 9.59 Å². The first-order valence-corrected chi connectivity index (χ1v) is 15.4. The van der Waals surface area contributed by atoms with Crippen molar-refractivity contribution in [1.82, 2.24) is 4.57 Å². The maximum Gasteiger partial charge on any atom is 0.308 e. The van der Waals surface area contributed by atoms with E-state index in [2.05, 4.69) is 5.32 Å². The maximum atomic E-state index is 14.2. The highest BCUT2D eigenvalue weighted by Gasteiger charge is 2.31. The van der Waals surface area contributed by atoms with Crippen molar-refractivity contribution >= 4 is 17.6 Å². The quantitative estimate of drug-likeness (QED) is 0.0903. The lowest BCUT2D eigenvalue weighted by molar-refractivity contribution is -0.145. The molecule has 242 valence electrons. The number of halogens is 1. The van der Waals surface area contributed by atoms with Crippen LogP contribution in [0.5, 0.6) is 0 Å². The molecule has 9 heteroatoms. The van der Waals surface area contributed by atoms with Gasteiger partial charge in [0.05, 0.1) is 36.5 Å². The van der Waals surface area contributed by atoms with E-state index in [1.165, 1.54) is 24.3 Å². The summed E-state index contributed by atoms with van der Waals surface area (Å²) < 4.78 is 21.1. The van der Waals surface area contributed by atoms with E-state index in [-0.39, 0.29) is 56.7 Å². The molecular weight excluding hydrogens is 587 g/mol. The van der Waals surface area contributed by atoms with Gasteiger partial charge in [0.25, 0.3) is 5.91 Å². The Morgan fingerprint density at radius 2 is 1.54 bits per heavy atom. The van der Waals surface area contributed by atoms with Crippen molar-refractivity contribution in [3.8, 4) is 22.4 Å². The molecule has 0 fully saturated rings. The molecule has 8 nitrogen and oxygen atoms in total. The SMILES string of the molecule is CC(C)c1c(C(=O)Nc2ccccc2)c(-c2ccccc2)c(-c2ccc(F)cc2)n1CC[C@@H](O)C[C@@H](O)CC(=O)OC/C=C\CO. The average Bonchev–Trinajstić information content (AvgIpc) is 3.39. The molecule has 4 N–H and O–H groups in total. The van der Waals surface area contributed by atoms with Crippen LogP contribution in [0.2, 0.25) is 0 Å². The fourth-order valence-electron chi connectivity index (χ4n) is 5.54. The Labute approximate surface area is 268 Å². The molecule has 0 aliphatic rings. The Balaban J connectivity index is 1.72. The number of esters is 1. The second-order valence-corrected chi connectivity index (χ2v) is 11.4. The number of hydrogen-bond acceptors (Lipinski definition) is 6. The molecule has 1 aromatic heterocycles. The van der Waals surface area contributed by atoms with Crippen molar-refractivity contribution in [3.05, 3.63) is 114 Å². The van der Waals surface area contributed by atoms with E-state index >= 15 is 0 Å². The lowest BCUT2D eigenvalue weighted by atomic mass is 9.94. The molecule has 3 aromatic carbocycles. The number of aromatic nitrogens is 1. The summed E-state index contributed by atoms with van der Waals surface area (Å²) >= 11 is 0. The molecule has 4 rings (SSSR count). The topological polar surface area (TPSA) is 121 Å². The first kappa shape index (κ1) is 34.3. The number of hydrogen-bond donors (Lipinski definition) is 4. The fourth-order valence-corrected chi connectivity index (χ4v) is 5.54. The van der Waals surface area contributed by atoms with Gasteiger partial charge in [-0.25, -0.2) is 4.39 Å². The van der Waals surface area contributed by atoms with Gasteiger partial charge in [-0.1, -0.05) is 68.5 Å². The van der Waals surface area contributed by atoms with E-state index in [4.69, 9.17) is 9.84 Å². The minimum atomic E-state index is -1.12. The van der Waals surface area contributed by atoms with Crippen LogP contribution in [0.1, 0.15) is 55.1 Å². The highest BCUT2D eigenvalue weighted by molar-refractivity contribution is 6.12. The predicted molar refractivity (Wildman–Crippen MR) is 177 cm³/mol. The van der Waals surface area contributed by atoms with Crippen molar-refractivity contribution < 1.29 is 34.0 Å². The number of aliphatic hydroxyl groups excluding tert-OH is 3. The summed E-state index contributed by atoms with van der Waals surface area (Å²) in [5, 5.41) is 33.3. The first-order chi connectivity index (χ1) is 22.2. The number of amides is 1. The highest BCUT2D eigenvalue weighted by atomic mass is 19.1. The van der Waals surface area contributed by atoms with Crippen molar-refractivity contribution in [2.75, 3.05) is 18.5 Å². The average molecular weight is 629 g/mol. The number of aliphatic hydroxyl groups is 3. The molecule has 0 saturated heterocycles. The number of nitrogens with one attached hydrogen (secondary N) is 1. The zero-order valence-electron chi connectivity index (χ0n) is 26.1. The van der Waals surface area contributed by atoms with Gasteiger partial charge in [0.1, 0.15) is 12.4 Å². The number of para-hydroxylation sites is 1. The fraction of sp³-hybridized carbons (Fsp3) is 0.297. The van der Waals surface area contributed by atoms with Gasteiger partial charge in [-0.2, -0.15) is 0 Å². The minimum Gasteiger partial charge on any atom is -0.461 e. The summed E-state index contributed by atoms with van der Waals surface area (Å²) in [4.78, 5) is 26.2. The molecule has 0 bridgehead atoms. The summed E-state index contributed by atoms with van der Waals surface area (Å²) in [6.07, 6.45) is 0.720. The van der Waals surface area contributed by atoms with Crippen LogP contribution in [0.3, 0.4) is 0 Å². The smallest absolute Gasteiger partial charge is 0.308 e. The molecule has 0 unspecified atom stereocenters. The molecule has 0 radical (unpaired) electrons. The number of nitrogens with zero attached hydrogens (tertiary/aromatic N) is 1. The molecular formula is C37H41FN2O6. The van der Waals surface area contributed by atoms with Crippen LogP contribution in [0.4, 0.5) is 10.1 Å². The van der Waals surface area contributed by atoms with Gasteiger partial charge in [0, 0.05) is 23.5 Å². The van der Waals surface area contributed by atoms with E-state index in [1.807, 2.05) is 79.1 Å². The number of benzene rings is 3. The Bertz CT molecular complexity index is 1600. The summed E-state index contributed by atoms with van der Waals surface area (Å²) in [6, 6.07) is 24.9. The van der Waals surface area contributed by atoms with Crippen molar-refractivity contribution in [3.63, 3.8) is 0 Å². The molecule has 4 aromatic rings. The van der Waals surface area contributed by atoms with Gasteiger partial charge in [0.2, 0.25) is 0 Å². The normalized spacial score (nSPS) is 12.8. The summed E-state index contributed by atoms with van der Waals surface area (Å²) in [5.74, 6) is -1.42. The number of anilines is 1. The monoisotopic (exact) mass is 628 g/mol. The van der Waals surface area contributed by atoms with Crippen molar-refractivity contribution in [2.45, 2.75) is 57.8 Å². The third-order valence-corrected chi connectivity index (χ3v) is 7.53. The van der Waals surface area contributed by atoms with Gasteiger partial charge in [-0.15, -0.1) is 0 Å². The Hall–Kier alpha value is -4.57. The molecule has 0 aliphatic heterocycles. The Morgan fingerprint density at radius 1 is 0.891 bits per heavy atom. The molecule has 46 heavy (non-hydrogen) atoms. The van der Waals surface area contributed by atoms with Crippen molar-refractivity contribution in [2.24, 2.45) is 0 Å². The first-order valence-electron chi connectivity index (χ1n) is 15.4. The Morgan fingerprint density at radius 3 is 2.17 bits per heavy atom. The second kappa shape index (κ2) is 16.7. The standard InChI is InChI=1S/C37H41FN2O6/c1-25(2)35-34(37(45)39-29-13-7-4-8-14-29)33(26-11-5-3-6-12-26)36(27-15-17-28(38)18-16-27)40(35)20-19-30(42)23-31(43)24-32(44)46-22-10-9-21-41/h3-18,25,30-31,41-43H,19-24H2,1-2H3,(H,39,45)/b10-9-/t30-,31-/m1/s1. The van der Waals surface area contributed by atoms with Crippen LogP contribution < -0.4 is 5.32 Å². The van der Waals surface area contributed by atoms with Crippen LogP contribution >= 0.6 is 0 Å². The summed E-state index contributed by atoms with van der Waals surface area (Å²) in [6.45, 7) is 4.09. The van der Waals surface area contributed by atoms with E-state index in [9.17, 15) is 24.2 Å². The van der Waals surface area contributed by atoms with Crippen LogP contribution in [-0.4, -0.2) is 57.2 Å². The van der Waals surface area contributed by atoms with Gasteiger partial charge < -0.3 is 29.9 Å². The zero-order chi connectivity index (χ0) is 33.1. The molecule has 0 saturated carbocycles. The lowest BCUT2D eigenvalue weighted by Crippen LogP contribution is -2.23. The zero-order valence-corrected chi connectivity index (χ0v) is 26.1. The van der Waals surface area contributed by atoms with E-state index in [0.29, 0.717) is 28.1 Å². The maximum absolute atomic E-state index is 14.2. The van der Waals surface area contributed by atoms with Gasteiger partial charge in [-0.05, 0) is 72.4 Å². The largest absolute Gasteiger partial charge is 0.461 e. The predicted octanol–water partition coefficient (Wildman–Crippen LogP) is 6.32. The second-order valence-electron chi connectivity index (χ2n) is 11.4. The third kappa shape index (κ3) is 9.00. The molecule has 1 amide bonds. The highest BCUT2D eigenvalue weighted by Crippen LogP contribution is 2.42. The molecule has 2 atom stereocenters. The lowest BCUT2D eigenvalue weighted by Gasteiger charge is -2.20. The molecule has 1 heterocycles. The Kier molecular flexibility index (Phi) is 12.4. The van der Waals surface area contributed by atoms with E-state index in [1.54, 1.807) is 12.1 Å². The van der Waals surface area contributed by atoms with Crippen LogP contribution in [-0.2, 0) is 16.1 Å². The number of carbonyl (C=O) groups excluding carboxylic acids is 2.